The second-order valence-electron chi connectivity index (χ2n) is 18.0. The lowest BCUT2D eigenvalue weighted by Crippen LogP contribution is -2.64. The lowest BCUT2D eigenvalue weighted by atomic mass is 9.72. The van der Waals surface area contributed by atoms with E-state index in [1.807, 2.05) is 46.8 Å². The first-order valence-electron chi connectivity index (χ1n) is 20.8. The number of aliphatic hydroxyl groups is 2. The van der Waals surface area contributed by atoms with Crippen LogP contribution in [0, 0.1) is 41.4 Å². The van der Waals surface area contributed by atoms with Crippen LogP contribution in [0.2, 0.25) is 0 Å². The number of hydrogen-bond donors (Lipinski definition) is 4. The fraction of sp³-hybridized carbons (Fsp3) is 0.905. The monoisotopic (exact) mass is 750 g/mol. The van der Waals surface area contributed by atoms with Gasteiger partial charge in [-0.25, -0.2) is 0 Å². The Morgan fingerprint density at radius 1 is 0.906 bits per heavy atom. The Morgan fingerprint density at radius 3 is 2.19 bits per heavy atom. The molecule has 5 rings (SSSR count). The number of carbonyl (C=O) groups is 2. The van der Waals surface area contributed by atoms with Crippen LogP contribution >= 0.6 is 0 Å². The molecule has 0 saturated carbocycles. The summed E-state index contributed by atoms with van der Waals surface area (Å²) in [6.07, 6.45) is 7.44. The van der Waals surface area contributed by atoms with Crippen molar-refractivity contribution in [3.05, 3.63) is 12.2 Å². The standard InChI is InChI=1S/C42H71NO10/c1-11-29(38(46)47)31-15-14-23(4)36(50-31)27(8)34(44)26(7)35(45)30(12-2)37-24(5)22-25(6)41(51-37)19-16-32(43)42(53-41)21-20-39(10,52-42)33-17-18-40(48,13-3)28(9)49-33/h16,19,23-34,36-37,44,48H,11-15,17-18,20-22,43H2,1-10H3,(H,46,47)/t23-,24-,25+,26-,27-,28-,29+,30-,31+,32-,33+,34+,36+,37-,39-,40+,41-,42-/m0/s1. The summed E-state index contributed by atoms with van der Waals surface area (Å²) in [5.41, 5.74) is 5.25. The van der Waals surface area contributed by atoms with Crippen LogP contribution in [0.15, 0.2) is 12.2 Å². The molecule has 5 N–H and O–H groups in total. The van der Waals surface area contributed by atoms with Crippen LogP contribution < -0.4 is 5.73 Å². The summed E-state index contributed by atoms with van der Waals surface area (Å²) in [6, 6.07) is -0.538. The third-order valence-electron chi connectivity index (χ3n) is 14.5. The van der Waals surface area contributed by atoms with Crippen molar-refractivity contribution >= 4 is 11.8 Å². The van der Waals surface area contributed by atoms with Gasteiger partial charge in [0.05, 0.1) is 59.8 Å². The molecular weight excluding hydrogens is 678 g/mol. The summed E-state index contributed by atoms with van der Waals surface area (Å²) < 4.78 is 33.8. The van der Waals surface area contributed by atoms with Gasteiger partial charge >= 0.3 is 5.97 Å². The number of carboxylic acid groups (broad SMARTS) is 1. The number of hydrogen-bond acceptors (Lipinski definition) is 10. The fourth-order valence-corrected chi connectivity index (χ4v) is 10.5. The molecule has 2 spiro atoms. The molecule has 11 heteroatoms. The van der Waals surface area contributed by atoms with Gasteiger partial charge in [0.15, 0.2) is 11.6 Å². The molecule has 0 unspecified atom stereocenters. The van der Waals surface area contributed by atoms with E-state index < -0.39 is 70.9 Å². The maximum absolute atomic E-state index is 14.5. The molecule has 0 aromatic rings. The summed E-state index contributed by atoms with van der Waals surface area (Å²) in [6.45, 7) is 19.8. The third-order valence-corrected chi connectivity index (χ3v) is 14.5. The lowest BCUT2D eigenvalue weighted by molar-refractivity contribution is -0.396. The summed E-state index contributed by atoms with van der Waals surface area (Å²) in [4.78, 5) is 26.4. The molecule has 0 amide bonds. The number of carboxylic acids is 1. The molecule has 4 fully saturated rings. The molecule has 53 heavy (non-hydrogen) atoms. The van der Waals surface area contributed by atoms with E-state index in [1.54, 1.807) is 6.92 Å². The van der Waals surface area contributed by atoms with Gasteiger partial charge in [-0.1, -0.05) is 61.5 Å². The molecule has 0 bridgehead atoms. The minimum atomic E-state index is -1.16. The predicted octanol–water partition coefficient (Wildman–Crippen LogP) is 6.15. The van der Waals surface area contributed by atoms with E-state index in [0.29, 0.717) is 51.4 Å². The van der Waals surface area contributed by atoms with Gasteiger partial charge in [-0.2, -0.15) is 0 Å². The van der Waals surface area contributed by atoms with Crippen molar-refractivity contribution in [3.8, 4) is 0 Å². The zero-order valence-electron chi connectivity index (χ0n) is 34.1. The highest BCUT2D eigenvalue weighted by Gasteiger charge is 2.62. The largest absolute Gasteiger partial charge is 0.481 e. The minimum absolute atomic E-state index is 0.0449. The van der Waals surface area contributed by atoms with E-state index >= 15 is 0 Å². The maximum Gasteiger partial charge on any atom is 0.309 e. The first kappa shape index (κ1) is 42.7. The Hall–Kier alpha value is -1.44. The number of carbonyl (C=O) groups excluding carboxylic acids is 1. The summed E-state index contributed by atoms with van der Waals surface area (Å²) in [7, 11) is 0. The fourth-order valence-electron chi connectivity index (χ4n) is 10.5. The highest BCUT2D eigenvalue weighted by molar-refractivity contribution is 5.84. The van der Waals surface area contributed by atoms with Crippen LogP contribution in [0.5, 0.6) is 0 Å². The van der Waals surface area contributed by atoms with E-state index in [-0.39, 0.29) is 47.8 Å². The zero-order chi connectivity index (χ0) is 39.3. The van der Waals surface area contributed by atoms with Crippen molar-refractivity contribution in [1.29, 1.82) is 0 Å². The number of nitrogens with two attached hydrogens (primary N) is 1. The van der Waals surface area contributed by atoms with Crippen molar-refractivity contribution in [3.63, 3.8) is 0 Å². The smallest absolute Gasteiger partial charge is 0.309 e. The first-order chi connectivity index (χ1) is 24.8. The van der Waals surface area contributed by atoms with Gasteiger partial charge in [0.1, 0.15) is 5.78 Å². The van der Waals surface area contributed by atoms with Gasteiger partial charge in [0.25, 0.3) is 0 Å². The van der Waals surface area contributed by atoms with E-state index in [0.717, 1.165) is 12.8 Å². The molecule has 18 atom stereocenters. The number of ether oxygens (including phenoxy) is 5. The quantitative estimate of drug-likeness (QED) is 0.169. The first-order valence-corrected chi connectivity index (χ1v) is 20.8. The molecule has 4 saturated heterocycles. The Kier molecular flexibility index (Phi) is 13.0. The molecule has 0 aromatic carbocycles. The van der Waals surface area contributed by atoms with Crippen molar-refractivity contribution in [2.45, 2.75) is 199 Å². The van der Waals surface area contributed by atoms with Gasteiger partial charge in [-0.05, 0) is 89.5 Å². The van der Waals surface area contributed by atoms with E-state index in [2.05, 4.69) is 27.7 Å². The van der Waals surface area contributed by atoms with E-state index in [4.69, 9.17) is 29.4 Å². The van der Waals surface area contributed by atoms with Crippen molar-refractivity contribution in [2.24, 2.45) is 47.2 Å². The van der Waals surface area contributed by atoms with Crippen LogP contribution in [-0.4, -0.2) is 92.5 Å². The van der Waals surface area contributed by atoms with Crippen LogP contribution in [0.3, 0.4) is 0 Å². The number of Topliss-reactive ketones (excluding diaryl/α,β-unsaturated/α-hetero) is 1. The number of aliphatic carboxylic acids is 1. The molecule has 11 nitrogen and oxygen atoms in total. The van der Waals surface area contributed by atoms with Crippen LogP contribution in [0.4, 0.5) is 0 Å². The van der Waals surface area contributed by atoms with Gasteiger partial charge in [-0.15, -0.1) is 0 Å². The van der Waals surface area contributed by atoms with Crippen molar-refractivity contribution in [2.75, 3.05) is 0 Å². The van der Waals surface area contributed by atoms with E-state index in [1.165, 1.54) is 0 Å². The van der Waals surface area contributed by atoms with E-state index in [9.17, 15) is 24.9 Å². The second kappa shape index (κ2) is 16.2. The Balaban J connectivity index is 1.31. The number of rotatable bonds is 12. The highest BCUT2D eigenvalue weighted by atomic mass is 16.8. The van der Waals surface area contributed by atoms with Crippen LogP contribution in [0.1, 0.15) is 133 Å². The summed E-state index contributed by atoms with van der Waals surface area (Å²) in [5, 5.41) is 32.6. The number of aliphatic hydroxyl groups excluding tert-OH is 1. The third kappa shape index (κ3) is 7.94. The average Bonchev–Trinajstić information content (AvgIpc) is 3.47. The molecule has 5 aliphatic rings. The number of ketones is 1. The highest BCUT2D eigenvalue weighted by Crippen LogP contribution is 2.53. The Morgan fingerprint density at radius 2 is 1.58 bits per heavy atom. The second-order valence-corrected chi connectivity index (χ2v) is 18.0. The van der Waals surface area contributed by atoms with Crippen molar-refractivity contribution in [1.82, 2.24) is 0 Å². The lowest BCUT2D eigenvalue weighted by Gasteiger charge is -2.54. The molecule has 0 aliphatic carbocycles. The van der Waals surface area contributed by atoms with Gasteiger partial charge in [-0.3, -0.25) is 9.59 Å². The average molecular weight is 750 g/mol. The van der Waals surface area contributed by atoms with Crippen LogP contribution in [0.25, 0.3) is 0 Å². The normalized spacial score (nSPS) is 46.2. The van der Waals surface area contributed by atoms with Gasteiger partial charge < -0.3 is 44.7 Å². The molecule has 0 aromatic heterocycles. The Labute approximate surface area is 318 Å². The SMILES string of the molecule is CC[C@@H](C(=O)[C@@H](C)[C@@H](O)[C@H](C)[C@@H]1O[C@@H]([C@@H](CC)C(=O)O)CC[C@@H]1C)[C@H]1O[C@]2(C=C[C@H](N)[C@]3(CC[C@@](C)([C@H]4CC[C@](O)(CC)[C@H](C)O4)O3)O2)[C@H](C)C[C@@H]1C. The topological polar surface area (TPSA) is 167 Å². The van der Waals surface area contributed by atoms with Gasteiger partial charge in [0, 0.05) is 30.1 Å². The summed E-state index contributed by atoms with van der Waals surface area (Å²) in [5.74, 6) is -5.28. The minimum Gasteiger partial charge on any atom is -0.481 e. The maximum atomic E-state index is 14.5. The molecule has 0 radical (unpaired) electrons. The predicted molar refractivity (Wildman–Crippen MR) is 201 cm³/mol. The zero-order valence-corrected chi connectivity index (χ0v) is 34.1. The van der Waals surface area contributed by atoms with Crippen LogP contribution in [-0.2, 0) is 33.3 Å². The molecule has 5 heterocycles. The molecular formula is C42H71NO10. The Bertz CT molecular complexity index is 1330. The van der Waals surface area contributed by atoms with Crippen molar-refractivity contribution < 1.29 is 48.6 Å². The molecule has 304 valence electrons. The molecule has 5 aliphatic heterocycles. The summed E-state index contributed by atoms with van der Waals surface area (Å²) >= 11 is 0. The van der Waals surface area contributed by atoms with Gasteiger partial charge in [0.2, 0.25) is 0 Å².